The third-order valence-electron chi connectivity index (χ3n) is 4.21. The van der Waals surface area contributed by atoms with Crippen LogP contribution < -0.4 is 5.32 Å². The van der Waals surface area contributed by atoms with Crippen LogP contribution in [0.15, 0.2) is 18.3 Å². The summed E-state index contributed by atoms with van der Waals surface area (Å²) < 4.78 is 214. The number of nitro groups is 1. The van der Waals surface area contributed by atoms with Crippen molar-refractivity contribution in [2.24, 2.45) is 0 Å². The lowest BCUT2D eigenvalue weighted by atomic mass is 9.89. The molecule has 0 aliphatic heterocycles. The first kappa shape index (κ1) is 32.2. The minimum atomic E-state index is -8.71. The molecule has 1 aromatic heterocycles. The second-order valence-corrected chi connectivity index (χ2v) is 7.11. The smallest absolute Gasteiger partial charge is 0.305 e. The molecule has 0 saturated heterocycles. The quantitative estimate of drug-likeness (QED) is 0.150. The maximum atomic E-state index is 13.8. The lowest BCUT2D eigenvalue weighted by Crippen LogP contribution is -2.75. The van der Waals surface area contributed by atoms with Crippen molar-refractivity contribution in [2.45, 2.75) is 46.8 Å². The Hall–Kier alpha value is -2.81. The number of aromatic nitrogens is 1. The molecule has 1 N–H and O–H groups in total. The molecule has 1 heterocycles. The highest BCUT2D eigenvalue weighted by atomic mass is 35.5. The fraction of sp³-hybridized carbons (Fsp3) is 0.571. The second-order valence-electron chi connectivity index (χ2n) is 6.63. The first-order valence-corrected chi connectivity index (χ1v) is 8.56. The van der Waals surface area contributed by atoms with Gasteiger partial charge in [-0.05, 0) is 17.7 Å². The van der Waals surface area contributed by atoms with Crippen molar-refractivity contribution in [1.29, 1.82) is 0 Å². The molecule has 1 rings (SSSR count). The summed E-state index contributed by atoms with van der Waals surface area (Å²) >= 11 is 3.39. The van der Waals surface area contributed by atoms with E-state index in [9.17, 15) is 85.2 Å². The van der Waals surface area contributed by atoms with Crippen molar-refractivity contribution < 1.29 is 80.0 Å². The van der Waals surface area contributed by atoms with Crippen LogP contribution in [0.5, 0.6) is 0 Å². The lowest BCUT2D eigenvalue weighted by molar-refractivity contribution is -0.445. The predicted octanol–water partition coefficient (Wildman–Crippen LogP) is 6.21. The number of carbonyl (C=O) groups excluding carboxylic acids is 1. The van der Waals surface area contributed by atoms with Crippen LogP contribution in [0.4, 0.5) is 81.8 Å². The predicted molar refractivity (Wildman–Crippen MR) is 85.0 cm³/mol. The van der Waals surface area contributed by atoms with Crippen molar-refractivity contribution in [3.05, 3.63) is 28.4 Å². The van der Waals surface area contributed by atoms with E-state index in [1.807, 2.05) is 0 Å². The van der Waals surface area contributed by atoms with Crippen molar-refractivity contribution in [2.75, 3.05) is 5.32 Å². The van der Waals surface area contributed by atoms with Crippen LogP contribution in [0.3, 0.4) is 0 Å². The van der Waals surface area contributed by atoms with E-state index in [2.05, 4.69) is 16.6 Å². The summed E-state index contributed by atoms with van der Waals surface area (Å²) in [5, 5.41) is 4.02. The van der Waals surface area contributed by atoms with Gasteiger partial charge in [0.1, 0.15) is 12.0 Å². The highest BCUT2D eigenvalue weighted by Gasteiger charge is 2.95. The molecule has 6 nitrogen and oxygen atoms in total. The SMILES string of the molecule is O=C(Nc1ccc([N+](=O)[O-])cn1)C(F)(F)C(F)(F)C(F)(F)C(F)(F)C(F)(F)C(F)(F)C(F)(F)C(F)(F)Cl. The Morgan fingerprint density at radius 3 is 1.43 bits per heavy atom. The molecule has 0 unspecified atom stereocenters. The number of pyridine rings is 1. The molecule has 0 aliphatic carbocycles. The summed E-state index contributed by atoms with van der Waals surface area (Å²) in [4.78, 5) is 23.3. The zero-order chi connectivity index (χ0) is 29.8. The summed E-state index contributed by atoms with van der Waals surface area (Å²) in [6.07, 6.45) is 0.143. The fourth-order valence-electron chi connectivity index (χ4n) is 2.07. The van der Waals surface area contributed by atoms with Gasteiger partial charge in [0.05, 0.1) is 4.92 Å². The van der Waals surface area contributed by atoms with Gasteiger partial charge in [-0.3, -0.25) is 14.9 Å². The van der Waals surface area contributed by atoms with E-state index in [0.717, 1.165) is 0 Å². The maximum Gasteiger partial charge on any atom is 0.393 e. The van der Waals surface area contributed by atoms with Gasteiger partial charge in [-0.15, -0.1) is 0 Å². The number of anilines is 1. The first-order valence-electron chi connectivity index (χ1n) is 8.19. The average molecular weight is 602 g/mol. The van der Waals surface area contributed by atoms with Crippen LogP contribution in [0, 0.1) is 10.1 Å². The number of hydrogen-bond donors (Lipinski definition) is 1. The Kier molecular flexibility index (Phi) is 7.74. The summed E-state index contributed by atoms with van der Waals surface area (Å²) in [5.74, 6) is -62.8. The van der Waals surface area contributed by atoms with Crippen molar-refractivity contribution >= 4 is 29.0 Å². The number of amides is 1. The standard InChI is InChI=1S/C14H4ClF16N3O3/c15-14(30,31)13(28,29)12(26,27)11(24,25)10(22,23)9(20,21)8(18,19)7(16,17)6(35)33-5-2-1-4(3-32-5)34(36)37/h1-3H,(H,32,33,35). The molecule has 23 heteroatoms. The molecule has 0 saturated carbocycles. The zero-order valence-corrected chi connectivity index (χ0v) is 17.0. The molecule has 212 valence electrons. The minimum Gasteiger partial charge on any atom is -0.305 e. The largest absolute Gasteiger partial charge is 0.393 e. The molecule has 0 bridgehead atoms. The molecule has 1 aromatic rings. The minimum absolute atomic E-state index is 0.143. The molecule has 0 fully saturated rings. The van der Waals surface area contributed by atoms with E-state index in [1.54, 1.807) is 0 Å². The van der Waals surface area contributed by atoms with Crippen LogP contribution in [0.2, 0.25) is 0 Å². The van der Waals surface area contributed by atoms with E-state index in [0.29, 0.717) is 11.4 Å². The third-order valence-corrected chi connectivity index (χ3v) is 4.44. The van der Waals surface area contributed by atoms with Crippen LogP contribution in [0.1, 0.15) is 0 Å². The number of nitrogens with zero attached hydrogens (tertiary/aromatic N) is 2. The molecule has 0 atom stereocenters. The topological polar surface area (TPSA) is 85.1 Å². The average Bonchev–Trinajstić information content (AvgIpc) is 2.72. The molecule has 37 heavy (non-hydrogen) atoms. The molecular formula is C14H4ClF16N3O3. The van der Waals surface area contributed by atoms with Gasteiger partial charge >= 0.3 is 52.7 Å². The molecule has 0 aromatic carbocycles. The van der Waals surface area contributed by atoms with Gasteiger partial charge in [-0.2, -0.15) is 70.2 Å². The van der Waals surface area contributed by atoms with Crippen molar-refractivity contribution in [3.63, 3.8) is 0 Å². The zero-order valence-electron chi connectivity index (χ0n) is 16.3. The van der Waals surface area contributed by atoms with Crippen molar-refractivity contribution in [1.82, 2.24) is 4.98 Å². The van der Waals surface area contributed by atoms with Gasteiger partial charge in [0.2, 0.25) is 0 Å². The normalized spacial score (nSPS) is 14.9. The van der Waals surface area contributed by atoms with Crippen LogP contribution in [-0.4, -0.2) is 62.7 Å². The van der Waals surface area contributed by atoms with Gasteiger partial charge < -0.3 is 5.32 Å². The van der Waals surface area contributed by atoms with Gasteiger partial charge in [-0.1, -0.05) is 0 Å². The molecule has 0 radical (unpaired) electrons. The molecule has 1 amide bonds. The van der Waals surface area contributed by atoms with Gasteiger partial charge in [0, 0.05) is 6.07 Å². The van der Waals surface area contributed by atoms with Gasteiger partial charge in [0.15, 0.2) is 0 Å². The molecule has 0 spiro atoms. The lowest BCUT2D eigenvalue weighted by Gasteiger charge is -2.42. The molecular weight excluding hydrogens is 598 g/mol. The highest BCUT2D eigenvalue weighted by molar-refractivity contribution is 6.22. The maximum absolute atomic E-state index is 13.8. The summed E-state index contributed by atoms with van der Waals surface area (Å²) in [7, 11) is 0. The highest BCUT2D eigenvalue weighted by Crippen LogP contribution is 2.64. The summed E-state index contributed by atoms with van der Waals surface area (Å²) in [5.41, 5.74) is -0.941. The number of halogens is 17. The van der Waals surface area contributed by atoms with E-state index < -0.39 is 69.2 Å². The van der Waals surface area contributed by atoms with Gasteiger partial charge in [-0.25, -0.2) is 4.98 Å². The summed E-state index contributed by atoms with van der Waals surface area (Å²) in [6, 6.07) is 0.511. The number of rotatable bonds is 10. The second kappa shape index (κ2) is 8.89. The Morgan fingerprint density at radius 2 is 1.11 bits per heavy atom. The number of nitrogens with one attached hydrogen (secondary N) is 1. The number of alkyl halides is 17. The van der Waals surface area contributed by atoms with Gasteiger partial charge in [0.25, 0.3) is 5.69 Å². The summed E-state index contributed by atoms with van der Waals surface area (Å²) in [6.45, 7) is 0. The van der Waals surface area contributed by atoms with E-state index in [-0.39, 0.29) is 12.3 Å². The Morgan fingerprint density at radius 1 is 0.730 bits per heavy atom. The fourth-order valence-corrected chi connectivity index (χ4v) is 2.19. The van der Waals surface area contributed by atoms with E-state index in [4.69, 9.17) is 0 Å². The third kappa shape index (κ3) is 4.56. The van der Waals surface area contributed by atoms with Crippen molar-refractivity contribution in [3.8, 4) is 0 Å². The monoisotopic (exact) mass is 601 g/mol. The Labute approximate surface area is 195 Å². The number of hydrogen-bond acceptors (Lipinski definition) is 4. The Balaban J connectivity index is 3.53. The van der Waals surface area contributed by atoms with Crippen LogP contribution in [-0.2, 0) is 4.79 Å². The van der Waals surface area contributed by atoms with Crippen LogP contribution in [0.25, 0.3) is 0 Å². The Bertz CT molecular complexity index is 1040. The first-order chi connectivity index (χ1) is 16.1. The number of carbonyl (C=O) groups is 1. The van der Waals surface area contributed by atoms with E-state index >= 15 is 0 Å². The van der Waals surface area contributed by atoms with E-state index in [1.165, 1.54) is 0 Å². The molecule has 0 aliphatic rings. The van der Waals surface area contributed by atoms with Crippen LogP contribution >= 0.6 is 11.6 Å².